The summed E-state index contributed by atoms with van der Waals surface area (Å²) in [7, 11) is 0. The van der Waals surface area contributed by atoms with Crippen molar-refractivity contribution >= 4 is 34.9 Å². The van der Waals surface area contributed by atoms with Gasteiger partial charge in [-0.25, -0.2) is 4.79 Å². The fourth-order valence-electron chi connectivity index (χ4n) is 5.39. The molecule has 3 aliphatic rings. The summed E-state index contributed by atoms with van der Waals surface area (Å²) in [4.78, 5) is 29.4. The first-order valence-electron chi connectivity index (χ1n) is 11.7. The van der Waals surface area contributed by atoms with Gasteiger partial charge in [0.15, 0.2) is 5.78 Å². The van der Waals surface area contributed by atoms with Gasteiger partial charge in [-0.1, -0.05) is 18.2 Å². The molecule has 0 unspecified atom stereocenters. The number of rotatable bonds is 5. The topological polar surface area (TPSA) is 55.4 Å². The normalized spacial score (nSPS) is 23.5. The molecule has 1 aliphatic heterocycles. The number of hydrogen-bond acceptors (Lipinski definition) is 6. The molecule has 1 N–H and O–H groups in total. The van der Waals surface area contributed by atoms with E-state index in [0.717, 1.165) is 59.5 Å². The number of ketones is 1. The number of carbonyl (C=O) groups is 2. The molecule has 0 bridgehead atoms. The summed E-state index contributed by atoms with van der Waals surface area (Å²) in [5, 5.41) is 5.52. The molecule has 1 saturated carbocycles. The molecule has 0 spiro atoms. The van der Waals surface area contributed by atoms with E-state index in [1.54, 1.807) is 23.1 Å². The molecule has 1 aromatic carbocycles. The first kappa shape index (κ1) is 22.5. The number of benzene rings is 1. The van der Waals surface area contributed by atoms with Gasteiger partial charge in [0.25, 0.3) is 0 Å². The van der Waals surface area contributed by atoms with E-state index in [-0.39, 0.29) is 29.7 Å². The van der Waals surface area contributed by atoms with Gasteiger partial charge in [-0.2, -0.15) is 0 Å². The molecule has 172 valence electrons. The molecule has 1 aromatic heterocycles. The average Bonchev–Trinajstić information content (AvgIpc) is 3.52. The highest BCUT2D eigenvalue weighted by atomic mass is 32.2. The van der Waals surface area contributed by atoms with Gasteiger partial charge >= 0.3 is 5.97 Å². The minimum absolute atomic E-state index is 0.0158. The van der Waals surface area contributed by atoms with Crippen LogP contribution in [0.4, 0.5) is 0 Å². The zero-order chi connectivity index (χ0) is 22.9. The molecule has 2 heterocycles. The van der Waals surface area contributed by atoms with E-state index in [0.29, 0.717) is 12.0 Å². The second kappa shape index (κ2) is 9.51. The Kier molecular flexibility index (Phi) is 6.48. The Morgan fingerprint density at radius 3 is 2.55 bits per heavy atom. The van der Waals surface area contributed by atoms with Crippen LogP contribution in [0.15, 0.2) is 69.2 Å². The molecule has 0 amide bonds. The van der Waals surface area contributed by atoms with Crippen LogP contribution in [-0.4, -0.2) is 24.1 Å². The molecule has 1 fully saturated rings. The zero-order valence-corrected chi connectivity index (χ0v) is 20.7. The van der Waals surface area contributed by atoms with Crippen molar-refractivity contribution in [2.24, 2.45) is 0 Å². The maximum Gasteiger partial charge on any atom is 0.337 e. The number of allylic oxidation sites excluding steroid dienone is 3. The number of thiophene rings is 1. The van der Waals surface area contributed by atoms with Crippen LogP contribution in [-0.2, 0) is 14.3 Å². The lowest BCUT2D eigenvalue weighted by atomic mass is 9.72. The second-order valence-corrected chi connectivity index (χ2v) is 11.0. The first-order chi connectivity index (χ1) is 16.0. The highest BCUT2D eigenvalue weighted by Crippen LogP contribution is 2.46. The highest BCUT2D eigenvalue weighted by Gasteiger charge is 2.42. The predicted molar refractivity (Wildman–Crippen MR) is 133 cm³/mol. The lowest BCUT2D eigenvalue weighted by molar-refractivity contribution is -0.144. The number of hydrogen-bond donors (Lipinski definition) is 1. The maximum absolute atomic E-state index is 13.6. The fraction of sp³-hybridized carbons (Fsp3) is 0.407. The van der Waals surface area contributed by atoms with Crippen LogP contribution in [0.25, 0.3) is 0 Å². The summed E-state index contributed by atoms with van der Waals surface area (Å²) in [5.41, 5.74) is 4.06. The predicted octanol–water partition coefficient (Wildman–Crippen LogP) is 6.32. The zero-order valence-electron chi connectivity index (χ0n) is 19.1. The Labute approximate surface area is 203 Å². The van der Waals surface area contributed by atoms with Crippen molar-refractivity contribution in [3.05, 3.63) is 74.8 Å². The van der Waals surface area contributed by atoms with Crippen molar-refractivity contribution in [2.45, 2.75) is 68.3 Å². The molecule has 6 heteroatoms. The van der Waals surface area contributed by atoms with Crippen molar-refractivity contribution < 1.29 is 14.3 Å². The molecule has 0 saturated heterocycles. The van der Waals surface area contributed by atoms with Gasteiger partial charge in [0, 0.05) is 45.0 Å². The summed E-state index contributed by atoms with van der Waals surface area (Å²) in [6.07, 6.45) is 7.34. The van der Waals surface area contributed by atoms with Crippen LogP contribution in [0.3, 0.4) is 0 Å². The molecule has 33 heavy (non-hydrogen) atoms. The Hall–Kier alpha value is -2.31. The van der Waals surface area contributed by atoms with Crippen LogP contribution >= 0.6 is 23.1 Å². The van der Waals surface area contributed by atoms with Gasteiger partial charge in [-0.3, -0.25) is 4.79 Å². The quantitative estimate of drug-likeness (QED) is 0.402. The highest BCUT2D eigenvalue weighted by molar-refractivity contribution is 7.98. The summed E-state index contributed by atoms with van der Waals surface area (Å²) >= 11 is 3.39. The van der Waals surface area contributed by atoms with Gasteiger partial charge in [0.1, 0.15) is 6.10 Å². The van der Waals surface area contributed by atoms with E-state index in [4.69, 9.17) is 4.74 Å². The monoisotopic (exact) mass is 479 g/mol. The Morgan fingerprint density at radius 2 is 1.88 bits per heavy atom. The SMILES string of the molecule is CSc1ccc([C@@H]2C(C(=O)OC3CCCC3)=C(C)NC3=C2C(=O)C[C@@H](c2cccs2)C3)cc1. The van der Waals surface area contributed by atoms with Crippen LogP contribution < -0.4 is 5.32 Å². The molecule has 2 atom stereocenters. The van der Waals surface area contributed by atoms with Gasteiger partial charge in [-0.15, -0.1) is 23.1 Å². The van der Waals surface area contributed by atoms with Gasteiger partial charge in [0.05, 0.1) is 5.57 Å². The third kappa shape index (κ3) is 4.43. The maximum atomic E-state index is 13.6. The van der Waals surface area contributed by atoms with Crippen molar-refractivity contribution in [1.29, 1.82) is 0 Å². The number of dihydropyridines is 1. The lowest BCUT2D eigenvalue weighted by Gasteiger charge is -2.36. The van der Waals surface area contributed by atoms with Crippen LogP contribution in [0, 0.1) is 0 Å². The molecule has 4 nitrogen and oxygen atoms in total. The summed E-state index contributed by atoms with van der Waals surface area (Å²) < 4.78 is 5.94. The van der Waals surface area contributed by atoms with Crippen LogP contribution in [0.1, 0.15) is 67.7 Å². The average molecular weight is 480 g/mol. The van der Waals surface area contributed by atoms with E-state index in [2.05, 4.69) is 41.0 Å². The van der Waals surface area contributed by atoms with Crippen molar-refractivity contribution in [3.63, 3.8) is 0 Å². The Balaban J connectivity index is 1.54. The third-order valence-electron chi connectivity index (χ3n) is 7.02. The molecular weight excluding hydrogens is 450 g/mol. The van der Waals surface area contributed by atoms with E-state index in [9.17, 15) is 9.59 Å². The van der Waals surface area contributed by atoms with E-state index < -0.39 is 0 Å². The summed E-state index contributed by atoms with van der Waals surface area (Å²) in [6, 6.07) is 12.4. The van der Waals surface area contributed by atoms with E-state index >= 15 is 0 Å². The lowest BCUT2D eigenvalue weighted by Crippen LogP contribution is -2.36. The van der Waals surface area contributed by atoms with Gasteiger partial charge in [0.2, 0.25) is 0 Å². The molecule has 0 radical (unpaired) electrons. The number of thioether (sulfide) groups is 1. The van der Waals surface area contributed by atoms with E-state index in [1.165, 1.54) is 4.88 Å². The first-order valence-corrected chi connectivity index (χ1v) is 13.8. The Bertz CT molecular complexity index is 1110. The van der Waals surface area contributed by atoms with Crippen LogP contribution in [0.5, 0.6) is 0 Å². The van der Waals surface area contributed by atoms with Gasteiger partial charge < -0.3 is 10.1 Å². The van der Waals surface area contributed by atoms with E-state index in [1.807, 2.05) is 19.2 Å². The molecule has 2 aromatic rings. The van der Waals surface area contributed by atoms with Gasteiger partial charge in [-0.05, 0) is 74.4 Å². The largest absolute Gasteiger partial charge is 0.459 e. The number of esters is 1. The number of nitrogens with one attached hydrogen (secondary N) is 1. The molecular formula is C27H29NO3S2. The molecule has 5 rings (SSSR count). The number of Topliss-reactive ketones (excluding diaryl/α,β-unsaturated/α-hetero) is 1. The van der Waals surface area contributed by atoms with Crippen LogP contribution in [0.2, 0.25) is 0 Å². The van der Waals surface area contributed by atoms with Crippen molar-refractivity contribution in [1.82, 2.24) is 5.32 Å². The smallest absolute Gasteiger partial charge is 0.337 e. The minimum Gasteiger partial charge on any atom is -0.459 e. The third-order valence-corrected chi connectivity index (χ3v) is 8.80. The van der Waals surface area contributed by atoms with Crippen molar-refractivity contribution in [2.75, 3.05) is 6.26 Å². The number of ether oxygens (including phenoxy) is 1. The molecule has 2 aliphatic carbocycles. The fourth-order valence-corrected chi connectivity index (χ4v) is 6.62. The minimum atomic E-state index is -0.386. The Morgan fingerprint density at radius 1 is 1.12 bits per heavy atom. The standard InChI is InChI=1S/C27H29NO3S2/c1-16-24(27(30)31-19-6-3-4-7-19)25(17-9-11-20(32-2)12-10-17)26-21(28-16)14-18(15-22(26)29)23-8-5-13-33-23/h5,8-13,18-19,25,28H,3-4,6-7,14-15H2,1-2H3/t18-,25+/m0/s1. The summed E-state index contributed by atoms with van der Waals surface area (Å²) in [6.45, 7) is 1.94. The second-order valence-electron chi connectivity index (χ2n) is 9.12. The number of carbonyl (C=O) groups excluding carboxylic acids is 2. The summed E-state index contributed by atoms with van der Waals surface area (Å²) in [5.74, 6) is -0.365. The van der Waals surface area contributed by atoms with Crippen molar-refractivity contribution in [3.8, 4) is 0 Å².